The molecule has 68 valence electrons. The lowest BCUT2D eigenvalue weighted by molar-refractivity contribution is 0.280. The average Bonchev–Trinajstić information content (AvgIpc) is 2.56. The molecule has 0 spiro atoms. The highest BCUT2D eigenvalue weighted by Crippen LogP contribution is 2.21. The van der Waals surface area contributed by atoms with E-state index in [1.807, 2.05) is 12.1 Å². The van der Waals surface area contributed by atoms with Crippen LogP contribution < -0.4 is 0 Å². The number of unbranched alkanes of at least 4 members (excludes halogenated alkanes) is 1. The van der Waals surface area contributed by atoms with Crippen LogP contribution in [0.5, 0.6) is 0 Å². The Morgan fingerprint density at radius 1 is 1.50 bits per heavy atom. The number of rotatable bonds is 5. The minimum absolute atomic E-state index is 0.297. The van der Waals surface area contributed by atoms with Crippen LogP contribution >= 0.6 is 0 Å². The van der Waals surface area contributed by atoms with Crippen LogP contribution in [0.25, 0.3) is 0 Å². The van der Waals surface area contributed by atoms with E-state index in [-0.39, 0.29) is 0 Å². The number of aliphatic hydroxyl groups excluding tert-OH is 1. The summed E-state index contributed by atoms with van der Waals surface area (Å²) in [5.74, 6) is 1.53. The molecule has 0 radical (unpaired) electrons. The van der Waals surface area contributed by atoms with E-state index in [1.54, 1.807) is 6.26 Å². The van der Waals surface area contributed by atoms with Crippen molar-refractivity contribution in [3.05, 3.63) is 24.2 Å². The molecule has 1 rings (SSSR count). The summed E-state index contributed by atoms with van der Waals surface area (Å²) in [5, 5.41) is 8.59. The first-order chi connectivity index (χ1) is 5.84. The Morgan fingerprint density at radius 2 is 2.33 bits per heavy atom. The van der Waals surface area contributed by atoms with Crippen LogP contribution in [-0.4, -0.2) is 11.7 Å². The van der Waals surface area contributed by atoms with Crippen molar-refractivity contribution in [2.45, 2.75) is 32.1 Å². The predicted molar refractivity (Wildman–Crippen MR) is 48.1 cm³/mol. The number of furan rings is 1. The molecule has 2 nitrogen and oxygen atoms in total. The van der Waals surface area contributed by atoms with Crippen LogP contribution in [0, 0.1) is 0 Å². The van der Waals surface area contributed by atoms with Gasteiger partial charge in [-0.1, -0.05) is 13.3 Å². The first kappa shape index (κ1) is 9.33. The van der Waals surface area contributed by atoms with E-state index in [2.05, 4.69) is 6.92 Å². The van der Waals surface area contributed by atoms with Gasteiger partial charge in [-0.25, -0.2) is 0 Å². The highest BCUT2D eigenvalue weighted by Gasteiger charge is 2.06. The Labute approximate surface area is 73.2 Å². The van der Waals surface area contributed by atoms with E-state index in [0.29, 0.717) is 12.5 Å². The summed E-state index contributed by atoms with van der Waals surface area (Å²) in [6.07, 6.45) is 4.76. The van der Waals surface area contributed by atoms with Crippen LogP contribution in [0.15, 0.2) is 22.8 Å². The van der Waals surface area contributed by atoms with Crippen LogP contribution in [0.2, 0.25) is 0 Å². The largest absolute Gasteiger partial charge is 0.469 e. The van der Waals surface area contributed by atoms with E-state index in [0.717, 1.165) is 25.0 Å². The smallest absolute Gasteiger partial charge is 0.106 e. The maximum Gasteiger partial charge on any atom is 0.106 e. The van der Waals surface area contributed by atoms with Gasteiger partial charge in [0.2, 0.25) is 0 Å². The van der Waals surface area contributed by atoms with Crippen LogP contribution in [-0.2, 0) is 0 Å². The summed E-state index contributed by atoms with van der Waals surface area (Å²) in [4.78, 5) is 0. The second kappa shape index (κ2) is 4.99. The molecule has 1 heterocycles. The fraction of sp³-hybridized carbons (Fsp3) is 0.600. The molecular formula is C10H16O2. The van der Waals surface area contributed by atoms with Crippen molar-refractivity contribution in [2.24, 2.45) is 0 Å². The third-order valence-corrected chi connectivity index (χ3v) is 2.07. The molecule has 12 heavy (non-hydrogen) atoms. The first-order valence-corrected chi connectivity index (χ1v) is 4.49. The van der Waals surface area contributed by atoms with Gasteiger partial charge in [-0.15, -0.1) is 0 Å². The minimum atomic E-state index is 0.297. The Kier molecular flexibility index (Phi) is 3.88. The average molecular weight is 168 g/mol. The van der Waals surface area contributed by atoms with Gasteiger partial charge in [-0.05, 0) is 25.0 Å². The molecule has 1 aromatic rings. The molecule has 0 amide bonds. The van der Waals surface area contributed by atoms with Crippen molar-refractivity contribution in [3.8, 4) is 0 Å². The molecule has 0 aliphatic carbocycles. The Bertz CT molecular complexity index is 192. The Morgan fingerprint density at radius 3 is 2.92 bits per heavy atom. The van der Waals surface area contributed by atoms with Gasteiger partial charge < -0.3 is 9.52 Å². The summed E-state index contributed by atoms with van der Waals surface area (Å²) in [7, 11) is 0. The minimum Gasteiger partial charge on any atom is -0.469 e. The van der Waals surface area contributed by atoms with Gasteiger partial charge in [0, 0.05) is 12.5 Å². The van der Waals surface area contributed by atoms with Crippen molar-refractivity contribution in [2.75, 3.05) is 6.61 Å². The topological polar surface area (TPSA) is 33.4 Å². The Balaban J connectivity index is 2.25. The summed E-state index contributed by atoms with van der Waals surface area (Å²) in [5.41, 5.74) is 0. The lowest BCUT2D eigenvalue weighted by Gasteiger charge is -2.06. The molecule has 2 heteroatoms. The summed E-state index contributed by atoms with van der Waals surface area (Å²) < 4.78 is 5.26. The Hall–Kier alpha value is -0.760. The summed E-state index contributed by atoms with van der Waals surface area (Å²) in [6, 6.07) is 3.92. The SMILES string of the molecule is CC(CCCCO)c1ccco1. The molecule has 0 saturated heterocycles. The molecule has 0 aliphatic heterocycles. The normalized spacial score (nSPS) is 13.2. The van der Waals surface area contributed by atoms with Crippen LogP contribution in [0.1, 0.15) is 37.9 Å². The fourth-order valence-electron chi connectivity index (χ4n) is 1.28. The van der Waals surface area contributed by atoms with Crippen molar-refractivity contribution in [1.82, 2.24) is 0 Å². The fourth-order valence-corrected chi connectivity index (χ4v) is 1.28. The molecule has 1 aromatic heterocycles. The molecule has 0 aliphatic rings. The molecule has 1 unspecified atom stereocenters. The lowest BCUT2D eigenvalue weighted by atomic mass is 10.0. The van der Waals surface area contributed by atoms with E-state index in [4.69, 9.17) is 9.52 Å². The van der Waals surface area contributed by atoms with Crippen LogP contribution in [0.3, 0.4) is 0 Å². The standard InChI is InChI=1S/C10H16O2/c1-9(5-2-3-7-11)10-6-4-8-12-10/h4,6,8-9,11H,2-3,5,7H2,1H3. The predicted octanol–water partition coefficient (Wildman–Crippen LogP) is 2.55. The maximum atomic E-state index is 8.59. The van der Waals surface area contributed by atoms with Crippen molar-refractivity contribution in [3.63, 3.8) is 0 Å². The quantitative estimate of drug-likeness (QED) is 0.685. The highest BCUT2D eigenvalue weighted by atomic mass is 16.3. The lowest BCUT2D eigenvalue weighted by Crippen LogP contribution is -1.92. The molecule has 0 fully saturated rings. The van der Waals surface area contributed by atoms with E-state index >= 15 is 0 Å². The van der Waals surface area contributed by atoms with Gasteiger partial charge in [0.1, 0.15) is 5.76 Å². The number of aliphatic hydroxyl groups is 1. The first-order valence-electron chi connectivity index (χ1n) is 4.49. The van der Waals surface area contributed by atoms with Gasteiger partial charge in [-0.3, -0.25) is 0 Å². The zero-order valence-corrected chi connectivity index (χ0v) is 7.49. The summed E-state index contributed by atoms with van der Waals surface area (Å²) >= 11 is 0. The number of hydrogen-bond acceptors (Lipinski definition) is 2. The molecular weight excluding hydrogens is 152 g/mol. The number of hydrogen-bond donors (Lipinski definition) is 1. The third kappa shape index (κ3) is 2.70. The summed E-state index contributed by atoms with van der Waals surface area (Å²) in [6.45, 7) is 2.45. The van der Waals surface area contributed by atoms with Gasteiger partial charge >= 0.3 is 0 Å². The van der Waals surface area contributed by atoms with E-state index in [9.17, 15) is 0 Å². The second-order valence-corrected chi connectivity index (χ2v) is 3.14. The van der Waals surface area contributed by atoms with E-state index < -0.39 is 0 Å². The van der Waals surface area contributed by atoms with Crippen molar-refractivity contribution < 1.29 is 9.52 Å². The van der Waals surface area contributed by atoms with Crippen molar-refractivity contribution >= 4 is 0 Å². The zero-order valence-electron chi connectivity index (χ0n) is 7.49. The zero-order chi connectivity index (χ0) is 8.81. The molecule has 0 bridgehead atoms. The second-order valence-electron chi connectivity index (χ2n) is 3.14. The molecule has 0 aromatic carbocycles. The monoisotopic (exact) mass is 168 g/mol. The molecule has 0 saturated carbocycles. The molecule has 1 atom stereocenters. The van der Waals surface area contributed by atoms with Gasteiger partial charge in [0.05, 0.1) is 6.26 Å². The van der Waals surface area contributed by atoms with Gasteiger partial charge in [0.15, 0.2) is 0 Å². The van der Waals surface area contributed by atoms with E-state index in [1.165, 1.54) is 0 Å². The maximum absolute atomic E-state index is 8.59. The van der Waals surface area contributed by atoms with Gasteiger partial charge in [-0.2, -0.15) is 0 Å². The van der Waals surface area contributed by atoms with Gasteiger partial charge in [0.25, 0.3) is 0 Å². The highest BCUT2D eigenvalue weighted by molar-refractivity contribution is 5.03. The van der Waals surface area contributed by atoms with Crippen molar-refractivity contribution in [1.29, 1.82) is 0 Å². The van der Waals surface area contributed by atoms with Crippen LogP contribution in [0.4, 0.5) is 0 Å². The third-order valence-electron chi connectivity index (χ3n) is 2.07. The molecule has 1 N–H and O–H groups in total.